The minimum Gasteiger partial charge on any atom is -0.376 e. The number of benzene rings is 2. The lowest BCUT2D eigenvalue weighted by molar-refractivity contribution is -0.121. The number of imide groups is 1. The lowest BCUT2D eigenvalue weighted by atomic mass is 10.1. The Hall–Kier alpha value is -3.10. The van der Waals surface area contributed by atoms with Gasteiger partial charge in [-0.1, -0.05) is 23.5 Å². The maximum atomic E-state index is 13.5. The number of hydrogen-bond acceptors (Lipinski definition) is 6. The van der Waals surface area contributed by atoms with Gasteiger partial charge in [0.15, 0.2) is 5.13 Å². The van der Waals surface area contributed by atoms with Crippen LogP contribution in [0.5, 0.6) is 0 Å². The van der Waals surface area contributed by atoms with Crippen LogP contribution in [0.25, 0.3) is 10.2 Å². The van der Waals surface area contributed by atoms with Gasteiger partial charge in [0.2, 0.25) is 11.8 Å². The van der Waals surface area contributed by atoms with Gasteiger partial charge in [0.05, 0.1) is 28.6 Å². The number of fused-ring (bicyclic) bond motifs is 1. The molecule has 3 aromatic rings. The van der Waals surface area contributed by atoms with Crippen molar-refractivity contribution in [3.63, 3.8) is 0 Å². The van der Waals surface area contributed by atoms with Gasteiger partial charge in [-0.3, -0.25) is 24.2 Å². The zero-order chi connectivity index (χ0) is 22.2. The number of nitrogens with zero attached hydrogens (tertiary/aromatic N) is 3. The minimum absolute atomic E-state index is 0.0221. The lowest BCUT2D eigenvalue weighted by Crippen LogP contribution is -2.37. The van der Waals surface area contributed by atoms with Crippen molar-refractivity contribution >= 4 is 50.1 Å². The summed E-state index contributed by atoms with van der Waals surface area (Å²) >= 11 is 1.49. The molecule has 2 fully saturated rings. The van der Waals surface area contributed by atoms with E-state index < -0.39 is 0 Å². The first kappa shape index (κ1) is 20.8. The SMILES string of the molecule is Cc1cccc2sc(N(CC3CCCO3)C(=O)c3ccc(N4C(=O)CCC4=O)cc3)nc12. The van der Waals surface area contributed by atoms with Crippen LogP contribution in [0.15, 0.2) is 42.5 Å². The summed E-state index contributed by atoms with van der Waals surface area (Å²) in [6.45, 7) is 3.15. The maximum Gasteiger partial charge on any atom is 0.260 e. The molecule has 8 heteroatoms. The predicted molar refractivity (Wildman–Crippen MR) is 123 cm³/mol. The van der Waals surface area contributed by atoms with Gasteiger partial charge in [0.1, 0.15) is 0 Å². The van der Waals surface area contributed by atoms with E-state index in [0.29, 0.717) is 29.5 Å². The minimum atomic E-state index is -0.209. The number of amides is 3. The van der Waals surface area contributed by atoms with Crippen molar-refractivity contribution in [3.8, 4) is 0 Å². The van der Waals surface area contributed by atoms with Gasteiger partial charge < -0.3 is 4.74 Å². The molecule has 5 rings (SSSR count). The van der Waals surface area contributed by atoms with Crippen molar-refractivity contribution in [2.45, 2.75) is 38.7 Å². The molecular formula is C24H23N3O4S. The Morgan fingerprint density at radius 3 is 2.56 bits per heavy atom. The second kappa shape index (κ2) is 8.44. The molecule has 2 aliphatic heterocycles. The highest BCUT2D eigenvalue weighted by molar-refractivity contribution is 7.22. The first-order valence-corrected chi connectivity index (χ1v) is 11.6. The average molecular weight is 450 g/mol. The summed E-state index contributed by atoms with van der Waals surface area (Å²) in [6.07, 6.45) is 2.33. The normalized spacial score (nSPS) is 18.7. The van der Waals surface area contributed by atoms with Crippen LogP contribution < -0.4 is 9.80 Å². The van der Waals surface area contributed by atoms with Crippen LogP contribution in [-0.4, -0.2) is 42.0 Å². The van der Waals surface area contributed by atoms with Crippen molar-refractivity contribution in [2.24, 2.45) is 0 Å². The summed E-state index contributed by atoms with van der Waals surface area (Å²) in [6, 6.07) is 12.7. The zero-order valence-electron chi connectivity index (χ0n) is 17.7. The third kappa shape index (κ3) is 3.80. The molecule has 164 valence electrons. The monoisotopic (exact) mass is 449 g/mol. The molecule has 1 aromatic heterocycles. The molecule has 0 bridgehead atoms. The molecule has 0 spiro atoms. The molecule has 2 aliphatic rings. The Labute approximate surface area is 189 Å². The quantitative estimate of drug-likeness (QED) is 0.548. The number of anilines is 2. The largest absolute Gasteiger partial charge is 0.376 e. The molecule has 1 atom stereocenters. The number of hydrogen-bond donors (Lipinski definition) is 0. The van der Waals surface area contributed by atoms with Crippen molar-refractivity contribution in [1.82, 2.24) is 4.98 Å². The Morgan fingerprint density at radius 2 is 1.91 bits per heavy atom. The summed E-state index contributed by atoms with van der Waals surface area (Å²) in [5, 5.41) is 0.642. The van der Waals surface area contributed by atoms with E-state index in [4.69, 9.17) is 9.72 Å². The number of rotatable bonds is 5. The molecule has 3 heterocycles. The van der Waals surface area contributed by atoms with Crippen molar-refractivity contribution in [3.05, 3.63) is 53.6 Å². The lowest BCUT2D eigenvalue weighted by Gasteiger charge is -2.23. The average Bonchev–Trinajstić information content (AvgIpc) is 3.53. The summed E-state index contributed by atoms with van der Waals surface area (Å²) in [4.78, 5) is 45.2. The van der Waals surface area contributed by atoms with Crippen LogP contribution in [0.4, 0.5) is 10.8 Å². The topological polar surface area (TPSA) is 79.8 Å². The molecule has 0 aliphatic carbocycles. The van der Waals surface area contributed by atoms with E-state index in [2.05, 4.69) is 0 Å². The number of aromatic nitrogens is 1. The fourth-order valence-electron chi connectivity index (χ4n) is 4.20. The first-order chi connectivity index (χ1) is 15.5. The van der Waals surface area contributed by atoms with Gasteiger partial charge in [-0.25, -0.2) is 4.98 Å². The highest BCUT2D eigenvalue weighted by Crippen LogP contribution is 2.32. The van der Waals surface area contributed by atoms with Gasteiger partial charge in [0, 0.05) is 25.0 Å². The molecule has 2 saturated heterocycles. The van der Waals surface area contributed by atoms with Crippen LogP contribution in [0.3, 0.4) is 0 Å². The molecular weight excluding hydrogens is 426 g/mol. The molecule has 0 N–H and O–H groups in total. The van der Waals surface area contributed by atoms with E-state index in [-0.39, 0.29) is 36.7 Å². The van der Waals surface area contributed by atoms with Crippen LogP contribution in [0.2, 0.25) is 0 Å². The fraction of sp³-hybridized carbons (Fsp3) is 0.333. The number of thiazole rings is 1. The molecule has 1 unspecified atom stereocenters. The molecule has 2 aromatic carbocycles. The van der Waals surface area contributed by atoms with E-state index >= 15 is 0 Å². The number of para-hydroxylation sites is 1. The van der Waals surface area contributed by atoms with Crippen molar-refractivity contribution in [1.29, 1.82) is 0 Å². The van der Waals surface area contributed by atoms with Gasteiger partial charge in [-0.15, -0.1) is 0 Å². The Kier molecular flexibility index (Phi) is 5.48. The van der Waals surface area contributed by atoms with Gasteiger partial charge in [-0.2, -0.15) is 0 Å². The van der Waals surface area contributed by atoms with E-state index in [0.717, 1.165) is 28.6 Å². The Morgan fingerprint density at radius 1 is 1.16 bits per heavy atom. The molecule has 3 amide bonds. The highest BCUT2D eigenvalue weighted by atomic mass is 32.1. The summed E-state index contributed by atoms with van der Waals surface area (Å²) in [7, 11) is 0. The molecule has 0 saturated carbocycles. The molecule has 32 heavy (non-hydrogen) atoms. The zero-order valence-corrected chi connectivity index (χ0v) is 18.6. The number of carbonyl (C=O) groups is 3. The van der Waals surface area contributed by atoms with Crippen molar-refractivity contribution < 1.29 is 19.1 Å². The van der Waals surface area contributed by atoms with E-state index in [1.54, 1.807) is 29.2 Å². The van der Waals surface area contributed by atoms with Gasteiger partial charge >= 0.3 is 0 Å². The summed E-state index contributed by atoms with van der Waals surface area (Å²) in [5.41, 5.74) is 2.94. The smallest absolute Gasteiger partial charge is 0.260 e. The van der Waals surface area contributed by atoms with E-state index in [1.807, 2.05) is 25.1 Å². The Balaban J connectivity index is 1.46. The fourth-order valence-corrected chi connectivity index (χ4v) is 5.25. The number of ether oxygens (including phenoxy) is 1. The summed E-state index contributed by atoms with van der Waals surface area (Å²) in [5.74, 6) is -0.597. The van der Waals surface area contributed by atoms with Crippen molar-refractivity contribution in [2.75, 3.05) is 23.0 Å². The van der Waals surface area contributed by atoms with Gasteiger partial charge in [0.25, 0.3) is 5.91 Å². The van der Waals surface area contributed by atoms with E-state index in [1.165, 1.54) is 16.2 Å². The Bertz CT molecular complexity index is 1180. The highest BCUT2D eigenvalue weighted by Gasteiger charge is 2.31. The van der Waals surface area contributed by atoms with Crippen LogP contribution >= 0.6 is 11.3 Å². The standard InChI is InChI=1S/C24H23N3O4S/c1-15-4-2-6-19-22(15)25-24(32-19)26(14-18-5-3-13-31-18)23(30)16-7-9-17(10-8-16)27-20(28)11-12-21(27)29/h2,4,6-10,18H,3,5,11-14H2,1H3. The number of carbonyl (C=O) groups excluding carboxylic acids is 3. The summed E-state index contributed by atoms with van der Waals surface area (Å²) < 4.78 is 6.83. The molecule has 0 radical (unpaired) electrons. The third-order valence-electron chi connectivity index (χ3n) is 5.92. The van der Waals surface area contributed by atoms with Crippen LogP contribution in [-0.2, 0) is 14.3 Å². The van der Waals surface area contributed by atoms with Gasteiger partial charge in [-0.05, 0) is 55.7 Å². The maximum absolute atomic E-state index is 13.5. The second-order valence-corrected chi connectivity index (χ2v) is 9.15. The predicted octanol–water partition coefficient (Wildman–Crippen LogP) is 4.08. The third-order valence-corrected chi connectivity index (χ3v) is 6.96. The molecule has 7 nitrogen and oxygen atoms in total. The van der Waals surface area contributed by atoms with E-state index in [9.17, 15) is 14.4 Å². The van der Waals surface area contributed by atoms with Crippen LogP contribution in [0, 0.1) is 6.92 Å². The first-order valence-electron chi connectivity index (χ1n) is 10.8. The number of aryl methyl sites for hydroxylation is 1. The second-order valence-electron chi connectivity index (χ2n) is 8.14. The van der Waals surface area contributed by atoms with Crippen LogP contribution in [0.1, 0.15) is 41.6 Å².